The first-order valence-electron chi connectivity index (χ1n) is 4.18. The number of benzene rings is 2. The fourth-order valence-electron chi connectivity index (χ4n) is 1.42. The molecule has 0 spiro atoms. The predicted octanol–water partition coefficient (Wildman–Crippen LogP) is 3.06. The number of hydrogen-bond acceptors (Lipinski definition) is 1. The lowest BCUT2D eigenvalue weighted by Crippen LogP contribution is -1.95. The van der Waals surface area contributed by atoms with Crippen LogP contribution in [0.1, 0.15) is 5.56 Å². The highest BCUT2D eigenvalue weighted by Crippen LogP contribution is 2.24. The molecule has 0 heterocycles. The first kappa shape index (κ1) is 8.73. The van der Waals surface area contributed by atoms with Crippen LogP contribution in [0.3, 0.4) is 0 Å². The molecule has 0 radical (unpaired) electrons. The lowest BCUT2D eigenvalue weighted by atomic mass is 10.1. The minimum atomic E-state index is 0.600. The van der Waals surface area contributed by atoms with Gasteiger partial charge in [0.15, 0.2) is 0 Å². The van der Waals surface area contributed by atoms with E-state index in [4.69, 9.17) is 5.73 Å². The zero-order valence-electron chi connectivity index (χ0n) is 7.13. The van der Waals surface area contributed by atoms with Gasteiger partial charge in [-0.05, 0) is 28.5 Å². The Labute approximate surface area is 85.7 Å². The molecule has 1 nitrogen and oxygen atoms in total. The molecule has 2 rings (SSSR count). The topological polar surface area (TPSA) is 26.0 Å². The molecule has 66 valence electrons. The Morgan fingerprint density at radius 2 is 2.00 bits per heavy atom. The van der Waals surface area contributed by atoms with Crippen molar-refractivity contribution in [2.45, 2.75) is 6.54 Å². The summed E-state index contributed by atoms with van der Waals surface area (Å²) in [7, 11) is 0. The van der Waals surface area contributed by atoms with Crippen molar-refractivity contribution < 1.29 is 0 Å². The third-order valence-corrected chi connectivity index (χ3v) is 2.82. The van der Waals surface area contributed by atoms with E-state index in [1.807, 2.05) is 12.1 Å². The number of fused-ring (bicyclic) bond motifs is 1. The maximum Gasteiger partial charge on any atom is 0.0253 e. The quantitative estimate of drug-likeness (QED) is 0.808. The molecule has 0 fully saturated rings. The van der Waals surface area contributed by atoms with E-state index in [-0.39, 0.29) is 0 Å². The van der Waals surface area contributed by atoms with E-state index in [2.05, 4.69) is 40.2 Å². The maximum absolute atomic E-state index is 5.57. The van der Waals surface area contributed by atoms with E-state index in [1.54, 1.807) is 0 Å². The summed E-state index contributed by atoms with van der Waals surface area (Å²) >= 11 is 3.51. The van der Waals surface area contributed by atoms with E-state index in [9.17, 15) is 0 Å². The second-order valence-corrected chi connectivity index (χ2v) is 3.85. The first-order chi connectivity index (χ1) is 6.31. The minimum absolute atomic E-state index is 0.600. The minimum Gasteiger partial charge on any atom is -0.326 e. The van der Waals surface area contributed by atoms with Crippen LogP contribution in [0.5, 0.6) is 0 Å². The van der Waals surface area contributed by atoms with Crippen molar-refractivity contribution in [3.05, 3.63) is 46.4 Å². The summed E-state index contributed by atoms with van der Waals surface area (Å²) in [5.41, 5.74) is 6.74. The fourth-order valence-corrected chi connectivity index (χ4v) is 1.93. The molecule has 0 aliphatic carbocycles. The monoisotopic (exact) mass is 235 g/mol. The van der Waals surface area contributed by atoms with Gasteiger partial charge in [-0.3, -0.25) is 0 Å². The van der Waals surface area contributed by atoms with Crippen LogP contribution in [-0.2, 0) is 6.54 Å². The molecule has 0 amide bonds. The van der Waals surface area contributed by atoms with Crippen molar-refractivity contribution >= 4 is 26.7 Å². The number of hydrogen-bond donors (Lipinski definition) is 1. The zero-order valence-corrected chi connectivity index (χ0v) is 8.71. The van der Waals surface area contributed by atoms with Gasteiger partial charge in [0.25, 0.3) is 0 Å². The lowest BCUT2D eigenvalue weighted by molar-refractivity contribution is 1.08. The Bertz CT molecular complexity index is 437. The molecule has 13 heavy (non-hydrogen) atoms. The first-order valence-corrected chi connectivity index (χ1v) is 4.98. The molecule has 0 saturated carbocycles. The van der Waals surface area contributed by atoms with Crippen LogP contribution in [0.4, 0.5) is 0 Å². The molecule has 2 N–H and O–H groups in total. The average molecular weight is 236 g/mol. The van der Waals surface area contributed by atoms with Crippen molar-refractivity contribution in [1.82, 2.24) is 0 Å². The maximum atomic E-state index is 5.57. The standard InChI is InChI=1S/C11H10BrN/c12-11-3-1-2-9-6-8(7-13)4-5-10(9)11/h1-6H,7,13H2. The fraction of sp³-hybridized carbons (Fsp3) is 0.0909. The van der Waals surface area contributed by atoms with Gasteiger partial charge in [-0.25, -0.2) is 0 Å². The molecule has 0 saturated heterocycles. The highest BCUT2D eigenvalue weighted by molar-refractivity contribution is 9.10. The third kappa shape index (κ3) is 1.60. The van der Waals surface area contributed by atoms with Gasteiger partial charge in [0, 0.05) is 11.0 Å². The van der Waals surface area contributed by atoms with E-state index >= 15 is 0 Å². The molecular weight excluding hydrogens is 226 g/mol. The van der Waals surface area contributed by atoms with Crippen LogP contribution in [0.2, 0.25) is 0 Å². The highest BCUT2D eigenvalue weighted by Gasteiger charge is 1.97. The molecule has 0 atom stereocenters. The Morgan fingerprint density at radius 3 is 2.77 bits per heavy atom. The summed E-state index contributed by atoms with van der Waals surface area (Å²) in [6, 6.07) is 12.5. The molecule has 0 unspecified atom stereocenters. The summed E-state index contributed by atoms with van der Waals surface area (Å²) in [5.74, 6) is 0. The van der Waals surface area contributed by atoms with Crippen molar-refractivity contribution in [2.75, 3.05) is 0 Å². The Kier molecular flexibility index (Phi) is 2.34. The Balaban J connectivity index is 2.72. The Hall–Kier alpha value is -0.860. The van der Waals surface area contributed by atoms with Crippen molar-refractivity contribution in [3.63, 3.8) is 0 Å². The Morgan fingerprint density at radius 1 is 1.15 bits per heavy atom. The average Bonchev–Trinajstić information content (AvgIpc) is 2.18. The second kappa shape index (κ2) is 3.48. The van der Waals surface area contributed by atoms with Crippen molar-refractivity contribution in [1.29, 1.82) is 0 Å². The molecule has 0 aliphatic heterocycles. The summed E-state index contributed by atoms with van der Waals surface area (Å²) in [4.78, 5) is 0. The van der Waals surface area contributed by atoms with Gasteiger partial charge in [-0.1, -0.05) is 40.2 Å². The molecule has 0 aliphatic rings. The van der Waals surface area contributed by atoms with Crippen molar-refractivity contribution in [2.24, 2.45) is 5.73 Å². The summed E-state index contributed by atoms with van der Waals surface area (Å²) in [6.45, 7) is 0.600. The molecule has 2 aromatic carbocycles. The largest absolute Gasteiger partial charge is 0.326 e. The van der Waals surface area contributed by atoms with Gasteiger partial charge < -0.3 is 5.73 Å². The van der Waals surface area contributed by atoms with Gasteiger partial charge in [-0.15, -0.1) is 0 Å². The molecule has 0 aromatic heterocycles. The van der Waals surface area contributed by atoms with Crippen LogP contribution < -0.4 is 5.73 Å². The normalized spacial score (nSPS) is 10.6. The van der Waals surface area contributed by atoms with Gasteiger partial charge in [0.1, 0.15) is 0 Å². The van der Waals surface area contributed by atoms with Gasteiger partial charge in [-0.2, -0.15) is 0 Å². The van der Waals surface area contributed by atoms with Crippen LogP contribution in [0.25, 0.3) is 10.8 Å². The van der Waals surface area contributed by atoms with Crippen LogP contribution in [-0.4, -0.2) is 0 Å². The smallest absolute Gasteiger partial charge is 0.0253 e. The van der Waals surface area contributed by atoms with E-state index < -0.39 is 0 Å². The lowest BCUT2D eigenvalue weighted by Gasteiger charge is -2.02. The van der Waals surface area contributed by atoms with Crippen LogP contribution in [0, 0.1) is 0 Å². The highest BCUT2D eigenvalue weighted by atomic mass is 79.9. The van der Waals surface area contributed by atoms with Gasteiger partial charge in [0.2, 0.25) is 0 Å². The van der Waals surface area contributed by atoms with Crippen LogP contribution >= 0.6 is 15.9 Å². The summed E-state index contributed by atoms with van der Waals surface area (Å²) < 4.78 is 1.13. The molecular formula is C11H10BrN. The van der Waals surface area contributed by atoms with Crippen molar-refractivity contribution in [3.8, 4) is 0 Å². The predicted molar refractivity (Wildman–Crippen MR) is 59.5 cm³/mol. The number of rotatable bonds is 1. The zero-order chi connectivity index (χ0) is 9.26. The summed E-state index contributed by atoms with van der Waals surface area (Å²) in [6.07, 6.45) is 0. The second-order valence-electron chi connectivity index (χ2n) is 3.00. The SMILES string of the molecule is NCc1ccc2c(Br)cccc2c1. The molecule has 0 bridgehead atoms. The summed E-state index contributed by atoms with van der Waals surface area (Å²) in [5, 5.41) is 2.47. The van der Waals surface area contributed by atoms with Crippen LogP contribution in [0.15, 0.2) is 40.9 Å². The van der Waals surface area contributed by atoms with Gasteiger partial charge >= 0.3 is 0 Å². The molecule has 2 heteroatoms. The van der Waals surface area contributed by atoms with E-state index in [0.29, 0.717) is 6.54 Å². The molecule has 2 aromatic rings. The number of halogens is 1. The van der Waals surface area contributed by atoms with E-state index in [0.717, 1.165) is 4.47 Å². The number of nitrogens with two attached hydrogens (primary N) is 1. The third-order valence-electron chi connectivity index (χ3n) is 2.13. The van der Waals surface area contributed by atoms with E-state index in [1.165, 1.54) is 16.3 Å². The van der Waals surface area contributed by atoms with Gasteiger partial charge in [0.05, 0.1) is 0 Å².